The molecule has 1 N–H and O–H groups in total. The minimum Gasteiger partial charge on any atom is -0.313 e. The highest BCUT2D eigenvalue weighted by atomic mass is 35.5. The molecular weight excluding hydrogens is 409 g/mol. The summed E-state index contributed by atoms with van der Waals surface area (Å²) in [7, 11) is 0. The van der Waals surface area contributed by atoms with Crippen LogP contribution in [0.1, 0.15) is 34.8 Å². The molecule has 4 rings (SSSR count). The van der Waals surface area contributed by atoms with Crippen molar-refractivity contribution in [3.8, 4) is 0 Å². The molecule has 0 fully saturated rings. The van der Waals surface area contributed by atoms with E-state index in [9.17, 15) is 18.8 Å². The fourth-order valence-corrected chi connectivity index (χ4v) is 3.96. The van der Waals surface area contributed by atoms with Gasteiger partial charge >= 0.3 is 5.69 Å². The number of benzene rings is 2. The summed E-state index contributed by atoms with van der Waals surface area (Å²) in [6.45, 7) is 1.81. The second-order valence-corrected chi connectivity index (χ2v) is 7.73. The maximum Gasteiger partial charge on any atom is 0.328 e. The number of carbonyl (C=O) groups is 1. The van der Waals surface area contributed by atoms with Crippen molar-refractivity contribution in [3.63, 3.8) is 0 Å². The first-order valence-corrected chi connectivity index (χ1v) is 9.92. The van der Waals surface area contributed by atoms with Gasteiger partial charge in [0.25, 0.3) is 11.5 Å². The highest BCUT2D eigenvalue weighted by Crippen LogP contribution is 2.32. The maximum absolute atomic E-state index is 13.6. The Hall–Kier alpha value is -3.19. The number of nitrogens with one attached hydrogen (secondary N) is 1. The van der Waals surface area contributed by atoms with Gasteiger partial charge in [-0.1, -0.05) is 29.8 Å². The number of carbonyl (C=O) groups excluding carboxylic acids is 1. The Morgan fingerprint density at radius 2 is 2.00 bits per heavy atom. The molecule has 8 heteroatoms. The van der Waals surface area contributed by atoms with E-state index in [1.54, 1.807) is 30.3 Å². The Kier molecular flexibility index (Phi) is 5.30. The minimum atomic E-state index is -0.704. The molecular formula is C22H19ClFN3O3. The van der Waals surface area contributed by atoms with E-state index in [2.05, 4.69) is 4.98 Å². The van der Waals surface area contributed by atoms with Crippen LogP contribution < -0.4 is 16.1 Å². The van der Waals surface area contributed by atoms with Gasteiger partial charge in [0.15, 0.2) is 0 Å². The Bertz CT molecular complexity index is 1250. The smallest absolute Gasteiger partial charge is 0.313 e. The number of aromatic amines is 1. The first-order chi connectivity index (χ1) is 14.4. The molecule has 30 heavy (non-hydrogen) atoms. The molecule has 1 unspecified atom stereocenters. The summed E-state index contributed by atoms with van der Waals surface area (Å²) in [5, 5.41) is 0.418. The van der Waals surface area contributed by atoms with Crippen LogP contribution in [0.2, 0.25) is 5.02 Å². The largest absolute Gasteiger partial charge is 0.328 e. The first kappa shape index (κ1) is 20.1. The first-order valence-electron chi connectivity index (χ1n) is 9.54. The van der Waals surface area contributed by atoms with Crippen molar-refractivity contribution in [2.45, 2.75) is 32.4 Å². The molecule has 0 aliphatic carbocycles. The molecule has 0 saturated carbocycles. The van der Waals surface area contributed by atoms with Gasteiger partial charge < -0.3 is 9.88 Å². The Balaban J connectivity index is 1.77. The number of hydrogen-bond acceptors (Lipinski definition) is 3. The van der Waals surface area contributed by atoms with Crippen LogP contribution in [-0.2, 0) is 13.0 Å². The van der Waals surface area contributed by atoms with Gasteiger partial charge in [0, 0.05) is 22.9 Å². The van der Waals surface area contributed by atoms with Crippen molar-refractivity contribution < 1.29 is 9.18 Å². The molecule has 154 valence electrons. The molecule has 0 saturated heterocycles. The maximum atomic E-state index is 13.6. The van der Waals surface area contributed by atoms with Crippen molar-refractivity contribution in [2.24, 2.45) is 0 Å². The van der Waals surface area contributed by atoms with E-state index in [-0.39, 0.29) is 24.0 Å². The lowest BCUT2D eigenvalue weighted by molar-refractivity contribution is 0.0972. The monoisotopic (exact) mass is 427 g/mol. The van der Waals surface area contributed by atoms with Crippen LogP contribution in [0.3, 0.4) is 0 Å². The summed E-state index contributed by atoms with van der Waals surface area (Å²) in [6.07, 6.45) is 2.42. The second kappa shape index (κ2) is 7.91. The van der Waals surface area contributed by atoms with Crippen molar-refractivity contribution in [1.29, 1.82) is 0 Å². The van der Waals surface area contributed by atoms with Crippen LogP contribution in [0.25, 0.3) is 0 Å². The van der Waals surface area contributed by atoms with E-state index in [1.165, 1.54) is 17.0 Å². The number of hydrogen-bond donors (Lipinski definition) is 1. The zero-order chi connectivity index (χ0) is 21.4. The summed E-state index contributed by atoms with van der Waals surface area (Å²) < 4.78 is 14.6. The third-order valence-electron chi connectivity index (χ3n) is 5.37. The number of anilines is 1. The van der Waals surface area contributed by atoms with E-state index in [0.717, 1.165) is 10.8 Å². The molecule has 2 aromatic carbocycles. The average Bonchev–Trinajstić information content (AvgIpc) is 2.72. The summed E-state index contributed by atoms with van der Waals surface area (Å²) in [5.74, 6) is -0.911. The normalized spacial score (nSPS) is 15.7. The Morgan fingerprint density at radius 3 is 2.77 bits per heavy atom. The van der Waals surface area contributed by atoms with Gasteiger partial charge in [-0.3, -0.25) is 14.2 Å². The van der Waals surface area contributed by atoms with Crippen LogP contribution in [0.15, 0.2) is 58.3 Å². The Morgan fingerprint density at radius 1 is 1.23 bits per heavy atom. The lowest BCUT2D eigenvalue weighted by Gasteiger charge is -2.35. The van der Waals surface area contributed by atoms with Gasteiger partial charge in [-0.05, 0) is 55.2 Å². The van der Waals surface area contributed by atoms with Crippen molar-refractivity contribution in [3.05, 3.63) is 97.0 Å². The molecule has 1 aromatic heterocycles. The predicted molar refractivity (Wildman–Crippen MR) is 113 cm³/mol. The van der Waals surface area contributed by atoms with Gasteiger partial charge in [-0.2, -0.15) is 0 Å². The third kappa shape index (κ3) is 3.57. The number of rotatable bonds is 3. The number of aromatic nitrogens is 2. The molecule has 1 amide bonds. The van der Waals surface area contributed by atoms with Crippen LogP contribution >= 0.6 is 11.6 Å². The molecule has 1 aliphatic rings. The lowest BCUT2D eigenvalue weighted by Crippen LogP contribution is -2.46. The number of halogens is 2. The number of nitrogens with zero attached hydrogens (tertiary/aromatic N) is 2. The summed E-state index contributed by atoms with van der Waals surface area (Å²) >= 11 is 6.16. The van der Waals surface area contributed by atoms with Crippen molar-refractivity contribution in [1.82, 2.24) is 9.55 Å². The zero-order valence-corrected chi connectivity index (χ0v) is 16.9. The van der Waals surface area contributed by atoms with Crippen molar-refractivity contribution >= 4 is 23.2 Å². The van der Waals surface area contributed by atoms with Crippen LogP contribution in [0, 0.1) is 5.82 Å². The molecule has 1 atom stereocenters. The molecule has 1 aliphatic heterocycles. The molecule has 0 bridgehead atoms. The third-order valence-corrected chi connectivity index (χ3v) is 5.74. The van der Waals surface area contributed by atoms with Gasteiger partial charge in [0.1, 0.15) is 11.4 Å². The summed E-state index contributed by atoms with van der Waals surface area (Å²) in [4.78, 5) is 42.7. The second-order valence-electron chi connectivity index (χ2n) is 7.33. The number of amides is 1. The van der Waals surface area contributed by atoms with Crippen LogP contribution in [-0.4, -0.2) is 21.5 Å². The molecule has 2 heterocycles. The summed E-state index contributed by atoms with van der Waals surface area (Å²) in [5.41, 5.74) is 0.371. The van der Waals surface area contributed by atoms with E-state index < -0.39 is 17.2 Å². The van der Waals surface area contributed by atoms with Crippen LogP contribution in [0.5, 0.6) is 0 Å². The topological polar surface area (TPSA) is 75.2 Å². The number of fused-ring (bicyclic) bond motifs is 1. The van der Waals surface area contributed by atoms with Gasteiger partial charge in [0.2, 0.25) is 0 Å². The van der Waals surface area contributed by atoms with Crippen LogP contribution in [0.4, 0.5) is 10.1 Å². The van der Waals surface area contributed by atoms with Crippen molar-refractivity contribution in [2.75, 3.05) is 4.90 Å². The fourth-order valence-electron chi connectivity index (χ4n) is 3.76. The van der Waals surface area contributed by atoms with E-state index in [1.807, 2.05) is 6.92 Å². The number of H-pyrrole nitrogens is 1. The fraction of sp³-hybridized carbons (Fsp3) is 0.227. The Labute approximate surface area is 176 Å². The average molecular weight is 428 g/mol. The summed E-state index contributed by atoms with van der Waals surface area (Å²) in [6, 6.07) is 10.9. The van der Waals surface area contributed by atoms with E-state index in [4.69, 9.17) is 11.6 Å². The van der Waals surface area contributed by atoms with Gasteiger partial charge in [-0.15, -0.1) is 0 Å². The van der Waals surface area contributed by atoms with Gasteiger partial charge in [-0.25, -0.2) is 9.18 Å². The molecule has 0 spiro atoms. The number of aryl methyl sites for hydroxylation is 1. The SMILES string of the molecule is CC1CCc2cc(F)ccc2N1C(=O)c1c[nH]c(=O)n(Cc2ccccc2Cl)c1=O. The van der Waals surface area contributed by atoms with Gasteiger partial charge in [0.05, 0.1) is 6.54 Å². The van der Waals surface area contributed by atoms with E-state index >= 15 is 0 Å². The minimum absolute atomic E-state index is 0.0632. The standard InChI is InChI=1S/C22H19ClFN3O3/c1-13-6-7-14-10-16(24)8-9-19(14)27(13)21(29)17-11-25-22(30)26(20(17)28)12-15-4-2-3-5-18(15)23/h2-5,8-11,13H,6-7,12H2,1H3,(H,25,30). The lowest BCUT2D eigenvalue weighted by atomic mass is 9.96. The quantitative estimate of drug-likeness (QED) is 0.696. The molecule has 6 nitrogen and oxygen atoms in total. The highest BCUT2D eigenvalue weighted by Gasteiger charge is 2.31. The zero-order valence-electron chi connectivity index (χ0n) is 16.2. The van der Waals surface area contributed by atoms with E-state index in [0.29, 0.717) is 34.7 Å². The predicted octanol–water partition coefficient (Wildman–Crippen LogP) is 3.36. The molecule has 0 radical (unpaired) electrons. The molecule has 3 aromatic rings. The highest BCUT2D eigenvalue weighted by molar-refractivity contribution is 6.31.